The highest BCUT2D eigenvalue weighted by atomic mass is 79.9. The lowest BCUT2D eigenvalue weighted by molar-refractivity contribution is 0.215. The zero-order chi connectivity index (χ0) is 13.0. The van der Waals surface area contributed by atoms with E-state index in [0.29, 0.717) is 11.4 Å². The Morgan fingerprint density at radius 1 is 1.11 bits per heavy atom. The van der Waals surface area contributed by atoms with Crippen LogP contribution in [-0.4, -0.2) is 6.09 Å². The fraction of sp³-hybridized carbons (Fsp3) is 0.0714. The first-order valence-electron chi connectivity index (χ1n) is 5.46. The minimum atomic E-state index is -0.507. The van der Waals surface area contributed by atoms with Gasteiger partial charge in [0, 0.05) is 4.47 Å². The molecule has 0 aliphatic rings. The third-order valence-corrected chi connectivity index (χ3v) is 3.43. The van der Waals surface area contributed by atoms with Crippen LogP contribution in [0, 0.1) is 6.92 Å². The maximum atomic E-state index is 11.7. The first kappa shape index (κ1) is 12.6. The third-order valence-electron chi connectivity index (χ3n) is 2.38. The van der Waals surface area contributed by atoms with Gasteiger partial charge in [-0.15, -0.1) is 0 Å². The van der Waals surface area contributed by atoms with Crippen molar-refractivity contribution in [1.29, 1.82) is 0 Å². The summed E-state index contributed by atoms with van der Waals surface area (Å²) in [4.78, 5) is 11.7. The van der Waals surface area contributed by atoms with Crippen molar-refractivity contribution in [3.63, 3.8) is 0 Å². The van der Waals surface area contributed by atoms with Crippen molar-refractivity contribution in [2.75, 3.05) is 5.32 Å². The fourth-order valence-electron chi connectivity index (χ4n) is 1.48. The molecule has 2 rings (SSSR count). The molecule has 0 saturated heterocycles. The van der Waals surface area contributed by atoms with Gasteiger partial charge in [-0.05, 0) is 46.6 Å². The molecule has 1 N–H and O–H groups in total. The standard InChI is InChI=1S/C14H12BrNO2/c1-10-6-5-9-12(13(10)15)16-14(17)18-11-7-3-2-4-8-11/h2-9H,1H3,(H,16,17). The van der Waals surface area contributed by atoms with E-state index in [1.807, 2.05) is 43.3 Å². The Kier molecular flexibility index (Phi) is 3.99. The van der Waals surface area contributed by atoms with Gasteiger partial charge in [-0.3, -0.25) is 5.32 Å². The number of anilines is 1. The van der Waals surface area contributed by atoms with Crippen LogP contribution < -0.4 is 10.1 Å². The Balaban J connectivity index is 2.06. The van der Waals surface area contributed by atoms with Crippen molar-refractivity contribution in [3.05, 3.63) is 58.6 Å². The SMILES string of the molecule is Cc1cccc(NC(=O)Oc2ccccc2)c1Br. The van der Waals surface area contributed by atoms with E-state index in [9.17, 15) is 4.79 Å². The fourth-order valence-corrected chi connectivity index (χ4v) is 1.84. The molecule has 0 spiro atoms. The molecule has 0 saturated carbocycles. The second-order valence-corrected chi connectivity index (χ2v) is 4.56. The topological polar surface area (TPSA) is 38.3 Å². The lowest BCUT2D eigenvalue weighted by atomic mass is 10.2. The van der Waals surface area contributed by atoms with Gasteiger partial charge in [0.1, 0.15) is 5.75 Å². The zero-order valence-corrected chi connectivity index (χ0v) is 11.4. The van der Waals surface area contributed by atoms with Crippen molar-refractivity contribution in [3.8, 4) is 5.75 Å². The summed E-state index contributed by atoms with van der Waals surface area (Å²) in [5, 5.41) is 2.69. The lowest BCUT2D eigenvalue weighted by Crippen LogP contribution is -2.17. The van der Waals surface area contributed by atoms with E-state index in [1.165, 1.54) is 0 Å². The molecule has 0 aliphatic carbocycles. The van der Waals surface area contributed by atoms with Gasteiger partial charge in [-0.25, -0.2) is 4.79 Å². The van der Waals surface area contributed by atoms with Gasteiger partial charge in [0.25, 0.3) is 0 Å². The summed E-state index contributed by atoms with van der Waals surface area (Å²) in [5.74, 6) is 0.513. The summed E-state index contributed by atoms with van der Waals surface area (Å²) in [6.45, 7) is 1.96. The van der Waals surface area contributed by atoms with E-state index in [0.717, 1.165) is 10.0 Å². The molecular formula is C14H12BrNO2. The van der Waals surface area contributed by atoms with E-state index in [4.69, 9.17) is 4.74 Å². The molecule has 3 nitrogen and oxygen atoms in total. The van der Waals surface area contributed by atoms with Crippen LogP contribution in [0.3, 0.4) is 0 Å². The van der Waals surface area contributed by atoms with Gasteiger partial charge in [0.2, 0.25) is 0 Å². The number of hydrogen-bond donors (Lipinski definition) is 1. The number of nitrogens with one attached hydrogen (secondary N) is 1. The lowest BCUT2D eigenvalue weighted by Gasteiger charge is -2.09. The number of carbonyl (C=O) groups is 1. The quantitative estimate of drug-likeness (QED) is 0.895. The first-order chi connectivity index (χ1) is 8.66. The summed E-state index contributed by atoms with van der Waals surface area (Å²) in [6, 6.07) is 14.6. The molecule has 0 radical (unpaired) electrons. The number of ether oxygens (including phenoxy) is 1. The summed E-state index contributed by atoms with van der Waals surface area (Å²) in [6.07, 6.45) is -0.507. The molecule has 0 unspecified atom stereocenters. The number of para-hydroxylation sites is 1. The number of benzene rings is 2. The van der Waals surface area contributed by atoms with Crippen LogP contribution >= 0.6 is 15.9 Å². The summed E-state index contributed by atoms with van der Waals surface area (Å²) >= 11 is 3.42. The number of carbonyl (C=O) groups excluding carboxylic acids is 1. The molecule has 2 aromatic carbocycles. The number of aryl methyl sites for hydroxylation is 1. The zero-order valence-electron chi connectivity index (χ0n) is 9.81. The second-order valence-electron chi connectivity index (χ2n) is 3.76. The van der Waals surface area contributed by atoms with Crippen LogP contribution in [0.5, 0.6) is 5.75 Å². The number of halogens is 1. The first-order valence-corrected chi connectivity index (χ1v) is 6.25. The minimum absolute atomic E-state index is 0.507. The van der Waals surface area contributed by atoms with Crippen LogP contribution in [-0.2, 0) is 0 Å². The number of rotatable bonds is 2. The third kappa shape index (κ3) is 3.11. The average molecular weight is 306 g/mol. The number of hydrogen-bond acceptors (Lipinski definition) is 2. The van der Waals surface area contributed by atoms with Gasteiger partial charge in [0.15, 0.2) is 0 Å². The van der Waals surface area contributed by atoms with Gasteiger partial charge in [-0.2, -0.15) is 0 Å². The van der Waals surface area contributed by atoms with Gasteiger partial charge >= 0.3 is 6.09 Å². The molecule has 0 aliphatic heterocycles. The van der Waals surface area contributed by atoms with Crippen LogP contribution in [0.1, 0.15) is 5.56 Å². The van der Waals surface area contributed by atoms with E-state index in [1.54, 1.807) is 12.1 Å². The Labute approximate surface area is 114 Å². The highest BCUT2D eigenvalue weighted by Gasteiger charge is 2.08. The van der Waals surface area contributed by atoms with E-state index < -0.39 is 6.09 Å². The smallest absolute Gasteiger partial charge is 0.410 e. The highest BCUT2D eigenvalue weighted by molar-refractivity contribution is 9.10. The molecule has 0 bridgehead atoms. The molecule has 0 aromatic heterocycles. The molecule has 18 heavy (non-hydrogen) atoms. The molecular weight excluding hydrogens is 294 g/mol. The van der Waals surface area contributed by atoms with Gasteiger partial charge in [-0.1, -0.05) is 30.3 Å². The predicted octanol–water partition coefficient (Wildman–Crippen LogP) is 4.37. The van der Waals surface area contributed by atoms with Gasteiger partial charge < -0.3 is 4.74 Å². The minimum Gasteiger partial charge on any atom is -0.410 e. The Hall–Kier alpha value is -1.81. The summed E-state index contributed by atoms with van der Waals surface area (Å²) in [5.41, 5.74) is 1.74. The molecule has 92 valence electrons. The van der Waals surface area contributed by atoms with Crippen molar-refractivity contribution < 1.29 is 9.53 Å². The van der Waals surface area contributed by atoms with Crippen LogP contribution in [0.25, 0.3) is 0 Å². The second kappa shape index (κ2) is 5.69. The van der Waals surface area contributed by atoms with E-state index in [2.05, 4.69) is 21.2 Å². The average Bonchev–Trinajstić information content (AvgIpc) is 2.36. The molecule has 0 heterocycles. The van der Waals surface area contributed by atoms with Crippen LogP contribution in [0.15, 0.2) is 53.0 Å². The van der Waals surface area contributed by atoms with Gasteiger partial charge in [0.05, 0.1) is 5.69 Å². The molecule has 4 heteroatoms. The van der Waals surface area contributed by atoms with Crippen molar-refractivity contribution in [1.82, 2.24) is 0 Å². The molecule has 0 fully saturated rings. The summed E-state index contributed by atoms with van der Waals surface area (Å²) in [7, 11) is 0. The Bertz CT molecular complexity index is 555. The molecule has 0 atom stereocenters. The van der Waals surface area contributed by atoms with Crippen LogP contribution in [0.4, 0.5) is 10.5 Å². The Morgan fingerprint density at radius 2 is 1.83 bits per heavy atom. The summed E-state index contributed by atoms with van der Waals surface area (Å²) < 4.78 is 6.00. The van der Waals surface area contributed by atoms with E-state index in [-0.39, 0.29) is 0 Å². The van der Waals surface area contributed by atoms with E-state index >= 15 is 0 Å². The Morgan fingerprint density at radius 3 is 2.56 bits per heavy atom. The monoisotopic (exact) mass is 305 g/mol. The maximum absolute atomic E-state index is 11.7. The molecule has 1 amide bonds. The predicted molar refractivity (Wildman–Crippen MR) is 75.0 cm³/mol. The van der Waals surface area contributed by atoms with Crippen molar-refractivity contribution >= 4 is 27.7 Å². The largest absolute Gasteiger partial charge is 0.417 e. The number of amides is 1. The van der Waals surface area contributed by atoms with Crippen molar-refractivity contribution in [2.45, 2.75) is 6.92 Å². The van der Waals surface area contributed by atoms with Crippen molar-refractivity contribution in [2.24, 2.45) is 0 Å². The normalized spacial score (nSPS) is 9.89. The molecule has 2 aromatic rings. The highest BCUT2D eigenvalue weighted by Crippen LogP contribution is 2.25. The maximum Gasteiger partial charge on any atom is 0.417 e. The van der Waals surface area contributed by atoms with Crippen LogP contribution in [0.2, 0.25) is 0 Å².